The van der Waals surface area contributed by atoms with Crippen molar-refractivity contribution < 1.29 is 118 Å². The third kappa shape index (κ3) is 23.6. The van der Waals surface area contributed by atoms with Crippen molar-refractivity contribution in [3.05, 3.63) is 0 Å². The van der Waals surface area contributed by atoms with Crippen LogP contribution in [0.3, 0.4) is 0 Å². The molecule has 0 saturated heterocycles. The summed E-state index contributed by atoms with van der Waals surface area (Å²) >= 11 is 0. The Balaban J connectivity index is -0.000000540. The Morgan fingerprint density at radius 3 is 1.59 bits per heavy atom. The summed E-state index contributed by atoms with van der Waals surface area (Å²) < 4.78 is 0. The Bertz CT molecular complexity index is 306. The number of aliphatic carboxylic acids is 3. The molecule has 0 aromatic carbocycles. The first kappa shape index (κ1) is 31.1. The molecule has 12 heteroatoms. The van der Waals surface area contributed by atoms with Gasteiger partial charge in [0.1, 0.15) is 0 Å². The molecule has 0 fully saturated rings. The van der Waals surface area contributed by atoms with Gasteiger partial charge in [0.25, 0.3) is 0 Å². The molecule has 0 aliphatic rings. The van der Waals surface area contributed by atoms with Gasteiger partial charge < -0.3 is 26.0 Å². The number of carboxylic acid groups (broad SMARTS) is 3. The summed E-state index contributed by atoms with van der Waals surface area (Å²) in [5, 5.41) is 31.2. The molecule has 0 aromatic rings. The van der Waals surface area contributed by atoms with E-state index in [1.807, 2.05) is 0 Å². The number of hydrogen-bond acceptors (Lipinski definition) is 6. The second-order valence-electron chi connectivity index (χ2n) is 3.82. The van der Waals surface area contributed by atoms with Crippen molar-refractivity contribution in [2.45, 2.75) is 0 Å². The number of nitrogens with one attached hydrogen (secondary N) is 2. The molecule has 0 aromatic heterocycles. The average molecular weight is 346 g/mol. The summed E-state index contributed by atoms with van der Waals surface area (Å²) in [5.74, 6) is -3.09. The Morgan fingerprint density at radius 2 is 1.18 bits per heavy atom. The molecule has 0 radical (unpaired) electrons. The first-order chi connectivity index (χ1) is 8.91. The minimum atomic E-state index is -1.08. The molecule has 5 N–H and O–H groups in total. The zero-order valence-corrected chi connectivity index (χ0v) is 19.5. The zero-order valence-electron chi connectivity index (χ0n) is 13.5. The van der Waals surface area contributed by atoms with Crippen LogP contribution in [-0.2, 0) is 14.4 Å². The number of carboxylic acids is 3. The van der Waals surface area contributed by atoms with E-state index < -0.39 is 17.9 Å². The molecule has 0 spiro atoms. The van der Waals surface area contributed by atoms with E-state index in [9.17, 15) is 14.4 Å². The number of hydrogen-bond donors (Lipinski definition) is 5. The molecule has 0 unspecified atom stereocenters. The van der Waals surface area contributed by atoms with E-state index in [0.29, 0.717) is 19.6 Å². The van der Waals surface area contributed by atoms with Crippen LogP contribution < -0.4 is 99.3 Å². The van der Waals surface area contributed by atoms with Gasteiger partial charge in [-0.3, -0.25) is 19.3 Å². The van der Waals surface area contributed by atoms with Crippen LogP contribution in [0, 0.1) is 0 Å². The van der Waals surface area contributed by atoms with Crippen molar-refractivity contribution in [2.24, 2.45) is 0 Å². The van der Waals surface area contributed by atoms with Crippen LogP contribution >= 0.6 is 0 Å². The van der Waals surface area contributed by atoms with Crippen molar-refractivity contribution >= 4 is 17.9 Å². The maximum atomic E-state index is 10.5. The summed E-state index contributed by atoms with van der Waals surface area (Å²) in [6.45, 7) is 0.917. The van der Waals surface area contributed by atoms with Crippen molar-refractivity contribution in [2.75, 3.05) is 45.8 Å². The van der Waals surface area contributed by atoms with Crippen LogP contribution in [0.1, 0.15) is 0 Å². The molecule has 22 heavy (non-hydrogen) atoms. The van der Waals surface area contributed by atoms with Crippen LogP contribution in [0.15, 0.2) is 0 Å². The fourth-order valence-corrected chi connectivity index (χ4v) is 1.33. The zero-order chi connectivity index (χ0) is 14.7. The second-order valence-corrected chi connectivity index (χ2v) is 3.82. The molecule has 0 bridgehead atoms. The number of carbonyl (C=O) groups is 3. The first-order valence-electron chi connectivity index (χ1n) is 5.71. The van der Waals surface area contributed by atoms with Crippen molar-refractivity contribution in [1.82, 2.24) is 15.5 Å². The Morgan fingerprint density at radius 1 is 0.727 bits per heavy atom. The third-order valence-electron chi connectivity index (χ3n) is 2.08. The minimum Gasteiger partial charge on any atom is -0.480 e. The maximum Gasteiger partial charge on any atom is 1.00 e. The Kier molecular flexibility index (Phi) is 28.7. The van der Waals surface area contributed by atoms with Crippen LogP contribution in [0.4, 0.5) is 0 Å². The van der Waals surface area contributed by atoms with Crippen molar-refractivity contribution in [3.8, 4) is 0 Å². The number of rotatable bonds is 12. The van der Waals surface area contributed by atoms with Gasteiger partial charge in [0.05, 0.1) is 19.6 Å². The van der Waals surface area contributed by atoms with Crippen molar-refractivity contribution in [1.29, 1.82) is 0 Å². The molecular formula is C10H19N3Na3O6+3. The predicted octanol–water partition coefficient (Wildman–Crippen LogP) is -11.3. The molecule has 0 amide bonds. The molecule has 0 atom stereocenters. The summed E-state index contributed by atoms with van der Waals surface area (Å²) in [6, 6.07) is 0. The molecule has 0 heterocycles. The van der Waals surface area contributed by atoms with E-state index in [2.05, 4.69) is 10.6 Å². The van der Waals surface area contributed by atoms with E-state index in [1.165, 1.54) is 4.90 Å². The SMILES string of the molecule is O=C(O)CNCCNCCN(CC(=O)O)CC(=O)O.[Na+].[Na+].[Na+]. The predicted molar refractivity (Wildman–Crippen MR) is 65.1 cm³/mol. The third-order valence-corrected chi connectivity index (χ3v) is 2.08. The summed E-state index contributed by atoms with van der Waals surface area (Å²) in [6.07, 6.45) is 0. The van der Waals surface area contributed by atoms with Gasteiger partial charge in [0, 0.05) is 26.2 Å². The molecule has 0 saturated carbocycles. The topological polar surface area (TPSA) is 139 Å². The fourth-order valence-electron chi connectivity index (χ4n) is 1.33. The van der Waals surface area contributed by atoms with E-state index >= 15 is 0 Å². The summed E-state index contributed by atoms with van der Waals surface area (Å²) in [5.41, 5.74) is 0. The van der Waals surface area contributed by atoms with Gasteiger partial charge in [-0.1, -0.05) is 0 Å². The van der Waals surface area contributed by atoms with Gasteiger partial charge in [-0.2, -0.15) is 0 Å². The first-order valence-corrected chi connectivity index (χ1v) is 5.71. The minimum absolute atomic E-state index is 0. The van der Waals surface area contributed by atoms with Gasteiger partial charge in [-0.25, -0.2) is 0 Å². The van der Waals surface area contributed by atoms with Gasteiger partial charge in [-0.05, 0) is 0 Å². The van der Waals surface area contributed by atoms with Crippen molar-refractivity contribution in [3.63, 3.8) is 0 Å². The molecule has 0 aliphatic carbocycles. The maximum absolute atomic E-state index is 10.5. The molecule has 0 aliphatic heterocycles. The summed E-state index contributed by atoms with van der Waals surface area (Å²) in [7, 11) is 0. The summed E-state index contributed by atoms with van der Waals surface area (Å²) in [4.78, 5) is 32.5. The van der Waals surface area contributed by atoms with E-state index in [4.69, 9.17) is 15.3 Å². The molecular weight excluding hydrogens is 327 g/mol. The average Bonchev–Trinajstić information content (AvgIpc) is 2.25. The fraction of sp³-hybridized carbons (Fsp3) is 0.700. The standard InChI is InChI=1S/C10H19N3O6.3Na/c14-8(15)5-12-2-1-11-3-4-13(6-9(16)17)7-10(18)19;;;/h11-12H,1-7H2,(H,14,15)(H,16,17)(H,18,19);;;/q;3*+1. The van der Waals surface area contributed by atoms with Gasteiger partial charge in [0.15, 0.2) is 0 Å². The molecule has 9 nitrogen and oxygen atoms in total. The number of nitrogens with zero attached hydrogens (tertiary/aromatic N) is 1. The van der Waals surface area contributed by atoms with Crippen LogP contribution in [0.5, 0.6) is 0 Å². The van der Waals surface area contributed by atoms with Gasteiger partial charge in [0.2, 0.25) is 0 Å². The van der Waals surface area contributed by atoms with E-state index in [0.717, 1.165) is 0 Å². The second kappa shape index (κ2) is 20.3. The van der Waals surface area contributed by atoms with Crippen LogP contribution in [-0.4, -0.2) is 83.9 Å². The van der Waals surface area contributed by atoms with Gasteiger partial charge in [-0.15, -0.1) is 0 Å². The monoisotopic (exact) mass is 346 g/mol. The van der Waals surface area contributed by atoms with Crippen LogP contribution in [0.25, 0.3) is 0 Å². The molecule has 0 rings (SSSR count). The Hall–Kier alpha value is 1.29. The normalized spacial score (nSPS) is 9.14. The van der Waals surface area contributed by atoms with E-state index in [-0.39, 0.29) is 115 Å². The van der Waals surface area contributed by atoms with E-state index in [1.54, 1.807) is 0 Å². The quantitative estimate of drug-likeness (QED) is 0.172. The largest absolute Gasteiger partial charge is 1.00 e. The van der Waals surface area contributed by atoms with Crippen LogP contribution in [0.2, 0.25) is 0 Å². The Labute approximate surface area is 195 Å². The smallest absolute Gasteiger partial charge is 0.480 e. The van der Waals surface area contributed by atoms with Gasteiger partial charge >= 0.3 is 107 Å². The molecule has 110 valence electrons.